The number of anilines is 2. The van der Waals surface area contributed by atoms with Gasteiger partial charge in [-0.25, -0.2) is 4.98 Å². The average Bonchev–Trinajstić information content (AvgIpc) is 3.10. The fourth-order valence-electron chi connectivity index (χ4n) is 2.37. The second-order valence-electron chi connectivity index (χ2n) is 5.88. The number of para-hydroxylation sites is 1. The normalized spacial score (nSPS) is 11.5. The highest BCUT2D eigenvalue weighted by Gasteiger charge is 2.15. The zero-order chi connectivity index (χ0) is 19.9. The van der Waals surface area contributed by atoms with Crippen LogP contribution in [0.4, 0.5) is 10.8 Å². The van der Waals surface area contributed by atoms with Crippen LogP contribution in [0.2, 0.25) is 0 Å². The Morgan fingerprint density at radius 2 is 1.93 bits per heavy atom. The SMILES string of the molecule is CCOc1ccc(NC(=S)NNC(=O)[C@@H](C)Nc2nc3ccccc3s2)cc1. The minimum atomic E-state index is -0.485. The Kier molecular flexibility index (Phi) is 6.62. The van der Waals surface area contributed by atoms with Crippen molar-refractivity contribution in [1.82, 2.24) is 15.8 Å². The molecule has 4 N–H and O–H groups in total. The molecule has 1 aromatic heterocycles. The number of rotatable bonds is 6. The summed E-state index contributed by atoms with van der Waals surface area (Å²) >= 11 is 6.70. The van der Waals surface area contributed by atoms with E-state index in [9.17, 15) is 4.79 Å². The lowest BCUT2D eigenvalue weighted by Crippen LogP contribution is -2.49. The van der Waals surface area contributed by atoms with Crippen molar-refractivity contribution in [2.45, 2.75) is 19.9 Å². The molecule has 0 aliphatic rings. The van der Waals surface area contributed by atoms with E-state index in [4.69, 9.17) is 17.0 Å². The molecule has 0 saturated carbocycles. The first-order valence-electron chi connectivity index (χ1n) is 8.77. The first kappa shape index (κ1) is 19.8. The van der Waals surface area contributed by atoms with Crippen molar-refractivity contribution < 1.29 is 9.53 Å². The molecule has 0 spiro atoms. The maximum absolute atomic E-state index is 12.3. The quantitative estimate of drug-likeness (QED) is 0.362. The number of thiocarbonyl (C=S) groups is 1. The zero-order valence-electron chi connectivity index (χ0n) is 15.5. The van der Waals surface area contributed by atoms with Gasteiger partial charge in [0, 0.05) is 5.69 Å². The summed E-state index contributed by atoms with van der Waals surface area (Å²) in [7, 11) is 0. The molecule has 0 aliphatic heterocycles. The van der Waals surface area contributed by atoms with E-state index in [0.717, 1.165) is 21.7 Å². The van der Waals surface area contributed by atoms with Gasteiger partial charge in [-0.1, -0.05) is 23.5 Å². The van der Waals surface area contributed by atoms with Gasteiger partial charge in [0.2, 0.25) is 0 Å². The van der Waals surface area contributed by atoms with Gasteiger partial charge >= 0.3 is 0 Å². The van der Waals surface area contributed by atoms with Gasteiger partial charge in [-0.15, -0.1) is 0 Å². The largest absolute Gasteiger partial charge is 0.494 e. The maximum atomic E-state index is 12.3. The maximum Gasteiger partial charge on any atom is 0.260 e. The van der Waals surface area contributed by atoms with Crippen molar-refractivity contribution in [2.24, 2.45) is 0 Å². The second kappa shape index (κ2) is 9.34. The first-order valence-corrected chi connectivity index (χ1v) is 9.99. The molecule has 1 atom stereocenters. The Balaban J connectivity index is 1.46. The van der Waals surface area contributed by atoms with E-state index in [2.05, 4.69) is 26.5 Å². The molecule has 146 valence electrons. The molecule has 0 radical (unpaired) electrons. The van der Waals surface area contributed by atoms with E-state index >= 15 is 0 Å². The molecule has 0 unspecified atom stereocenters. The smallest absolute Gasteiger partial charge is 0.260 e. The lowest BCUT2D eigenvalue weighted by molar-refractivity contribution is -0.122. The summed E-state index contributed by atoms with van der Waals surface area (Å²) in [4.78, 5) is 16.7. The highest BCUT2D eigenvalue weighted by molar-refractivity contribution is 7.80. The minimum absolute atomic E-state index is 0.255. The van der Waals surface area contributed by atoms with Gasteiger partial charge in [-0.2, -0.15) is 0 Å². The molecule has 3 aromatic rings. The molecule has 0 fully saturated rings. The summed E-state index contributed by atoms with van der Waals surface area (Å²) < 4.78 is 6.46. The van der Waals surface area contributed by atoms with Crippen molar-refractivity contribution >= 4 is 55.6 Å². The average molecular weight is 416 g/mol. The number of carbonyl (C=O) groups is 1. The van der Waals surface area contributed by atoms with Crippen LogP contribution in [0.25, 0.3) is 10.2 Å². The van der Waals surface area contributed by atoms with E-state index < -0.39 is 6.04 Å². The topological polar surface area (TPSA) is 87.3 Å². The predicted octanol–water partition coefficient (Wildman–Crippen LogP) is 3.51. The summed E-state index contributed by atoms with van der Waals surface area (Å²) in [5.41, 5.74) is 6.97. The minimum Gasteiger partial charge on any atom is -0.494 e. The van der Waals surface area contributed by atoms with Crippen molar-refractivity contribution in [3.63, 3.8) is 0 Å². The van der Waals surface area contributed by atoms with Crippen LogP contribution < -0.4 is 26.2 Å². The van der Waals surface area contributed by atoms with Gasteiger partial charge < -0.3 is 15.4 Å². The molecule has 0 saturated heterocycles. The fraction of sp³-hybridized carbons (Fsp3) is 0.211. The molecule has 1 heterocycles. The first-order chi connectivity index (χ1) is 13.5. The highest BCUT2D eigenvalue weighted by atomic mass is 32.1. The molecule has 9 heteroatoms. The molecule has 2 aromatic carbocycles. The number of hydrazine groups is 1. The number of hydrogen-bond donors (Lipinski definition) is 4. The second-order valence-corrected chi connectivity index (χ2v) is 7.32. The van der Waals surface area contributed by atoms with Crippen LogP contribution in [0.3, 0.4) is 0 Å². The van der Waals surface area contributed by atoms with Crippen LogP contribution in [0.5, 0.6) is 5.75 Å². The molecule has 1 amide bonds. The van der Waals surface area contributed by atoms with Gasteiger partial charge in [0.1, 0.15) is 11.8 Å². The Labute approximate surface area is 172 Å². The number of amides is 1. The Hall–Kier alpha value is -2.91. The van der Waals surface area contributed by atoms with E-state index in [0.29, 0.717) is 11.7 Å². The Bertz CT molecular complexity index is 925. The van der Waals surface area contributed by atoms with Crippen LogP contribution in [0.15, 0.2) is 48.5 Å². The molecule has 3 rings (SSSR count). The number of thiazole rings is 1. The van der Waals surface area contributed by atoms with E-state index in [1.165, 1.54) is 11.3 Å². The highest BCUT2D eigenvalue weighted by Crippen LogP contribution is 2.25. The van der Waals surface area contributed by atoms with Crippen molar-refractivity contribution in [2.75, 3.05) is 17.2 Å². The molecule has 28 heavy (non-hydrogen) atoms. The molecule has 0 bridgehead atoms. The summed E-state index contributed by atoms with van der Waals surface area (Å²) in [6, 6.07) is 14.7. The van der Waals surface area contributed by atoms with Crippen LogP contribution >= 0.6 is 23.6 Å². The number of ether oxygens (including phenoxy) is 1. The van der Waals surface area contributed by atoms with Crippen LogP contribution in [0.1, 0.15) is 13.8 Å². The number of benzene rings is 2. The Morgan fingerprint density at radius 1 is 1.18 bits per heavy atom. The summed E-state index contributed by atoms with van der Waals surface area (Å²) in [5.74, 6) is 0.532. The number of aromatic nitrogens is 1. The van der Waals surface area contributed by atoms with Gasteiger partial charge in [0.05, 0.1) is 16.8 Å². The number of nitrogens with zero attached hydrogens (tertiary/aromatic N) is 1. The number of carbonyl (C=O) groups excluding carboxylic acids is 1. The van der Waals surface area contributed by atoms with Crippen molar-refractivity contribution in [3.05, 3.63) is 48.5 Å². The molecule has 7 nitrogen and oxygen atoms in total. The standard InChI is InChI=1S/C19H21N5O2S2/c1-3-26-14-10-8-13(9-11-14)21-18(27)24-23-17(25)12(2)20-19-22-15-6-4-5-7-16(15)28-19/h4-12H,3H2,1-2H3,(H,20,22)(H,23,25)(H2,21,24,27)/t12-/m1/s1. The Morgan fingerprint density at radius 3 is 2.64 bits per heavy atom. The lowest BCUT2D eigenvalue weighted by atomic mass is 10.3. The third-order valence-corrected chi connectivity index (χ3v) is 4.92. The molecular weight excluding hydrogens is 394 g/mol. The monoisotopic (exact) mass is 415 g/mol. The van der Waals surface area contributed by atoms with Gasteiger partial charge in [0.25, 0.3) is 5.91 Å². The van der Waals surface area contributed by atoms with Crippen molar-refractivity contribution in [1.29, 1.82) is 0 Å². The van der Waals surface area contributed by atoms with Gasteiger partial charge in [-0.3, -0.25) is 15.6 Å². The van der Waals surface area contributed by atoms with Crippen LogP contribution in [-0.2, 0) is 4.79 Å². The van der Waals surface area contributed by atoms with E-state index in [-0.39, 0.29) is 11.0 Å². The third-order valence-electron chi connectivity index (χ3n) is 3.75. The molecular formula is C19H21N5O2S2. The number of fused-ring (bicyclic) bond motifs is 1. The zero-order valence-corrected chi connectivity index (χ0v) is 17.1. The summed E-state index contributed by atoms with van der Waals surface area (Å²) in [6.07, 6.45) is 0. The van der Waals surface area contributed by atoms with E-state index in [1.807, 2.05) is 55.5 Å². The molecule has 0 aliphatic carbocycles. The van der Waals surface area contributed by atoms with Gasteiger partial charge in [-0.05, 0) is 62.5 Å². The van der Waals surface area contributed by atoms with Gasteiger partial charge in [0.15, 0.2) is 10.2 Å². The fourth-order valence-corrected chi connectivity index (χ4v) is 3.50. The van der Waals surface area contributed by atoms with Crippen LogP contribution in [0, 0.1) is 0 Å². The number of nitrogens with one attached hydrogen (secondary N) is 4. The summed E-state index contributed by atoms with van der Waals surface area (Å²) in [6.45, 7) is 4.30. The van der Waals surface area contributed by atoms with E-state index in [1.54, 1.807) is 6.92 Å². The summed E-state index contributed by atoms with van der Waals surface area (Å²) in [5, 5.41) is 7.07. The predicted molar refractivity (Wildman–Crippen MR) is 118 cm³/mol. The van der Waals surface area contributed by atoms with Crippen molar-refractivity contribution in [3.8, 4) is 5.75 Å². The lowest BCUT2D eigenvalue weighted by Gasteiger charge is -2.15. The third kappa shape index (κ3) is 5.30. The van der Waals surface area contributed by atoms with Crippen LogP contribution in [-0.4, -0.2) is 28.7 Å². The number of hydrogen-bond acceptors (Lipinski definition) is 6.